The third-order valence-electron chi connectivity index (χ3n) is 4.39. The monoisotopic (exact) mass is 401 g/mol. The minimum atomic E-state index is -1.26. The molecule has 7 heteroatoms. The summed E-state index contributed by atoms with van der Waals surface area (Å²) in [6, 6.07) is 11.5. The molecule has 1 aromatic carbocycles. The fourth-order valence-corrected chi connectivity index (χ4v) is 3.69. The van der Waals surface area contributed by atoms with Crippen LogP contribution in [0.15, 0.2) is 42.6 Å². The Bertz CT molecular complexity index is 1280. The molecule has 4 aromatic rings. The van der Waals surface area contributed by atoms with E-state index in [0.717, 1.165) is 26.7 Å². The minimum absolute atomic E-state index is 0.362. The van der Waals surface area contributed by atoms with Gasteiger partial charge in [-0.1, -0.05) is 24.0 Å². The lowest BCUT2D eigenvalue weighted by Crippen LogP contribution is -2.16. The molecule has 0 radical (unpaired) electrons. The van der Waals surface area contributed by atoms with Crippen molar-refractivity contribution in [2.24, 2.45) is 0 Å². The third-order valence-corrected chi connectivity index (χ3v) is 5.51. The number of benzene rings is 1. The zero-order valence-electron chi connectivity index (χ0n) is 16.3. The highest BCUT2D eigenvalue weighted by Crippen LogP contribution is 2.26. The highest BCUT2D eigenvalue weighted by molar-refractivity contribution is 7.11. The second-order valence-corrected chi connectivity index (χ2v) is 8.10. The first kappa shape index (κ1) is 19.0. The van der Waals surface area contributed by atoms with Gasteiger partial charge in [0.05, 0.1) is 21.1 Å². The van der Waals surface area contributed by atoms with Gasteiger partial charge < -0.3 is 10.8 Å². The molecule has 0 bridgehead atoms. The van der Waals surface area contributed by atoms with E-state index >= 15 is 0 Å². The highest BCUT2D eigenvalue weighted by atomic mass is 32.1. The predicted molar refractivity (Wildman–Crippen MR) is 115 cm³/mol. The van der Waals surface area contributed by atoms with Crippen LogP contribution in [0.3, 0.4) is 0 Å². The third kappa shape index (κ3) is 3.94. The summed E-state index contributed by atoms with van der Waals surface area (Å²) in [4.78, 5) is 18.1. The van der Waals surface area contributed by atoms with Gasteiger partial charge in [0.25, 0.3) is 0 Å². The highest BCUT2D eigenvalue weighted by Gasteiger charge is 2.22. The zero-order valence-corrected chi connectivity index (χ0v) is 17.1. The molecule has 1 atom stereocenters. The normalized spacial score (nSPS) is 13.0. The van der Waals surface area contributed by atoms with Crippen LogP contribution in [0.1, 0.15) is 28.2 Å². The van der Waals surface area contributed by atoms with E-state index < -0.39 is 5.60 Å². The summed E-state index contributed by atoms with van der Waals surface area (Å²) in [6.45, 7) is 5.37. The summed E-state index contributed by atoms with van der Waals surface area (Å²) in [5.41, 5.74) is 8.48. The molecule has 0 aliphatic carbocycles. The summed E-state index contributed by atoms with van der Waals surface area (Å²) in [5, 5.41) is 11.6. The molecule has 0 unspecified atom stereocenters. The lowest BCUT2D eigenvalue weighted by Gasteiger charge is -2.12. The Hall–Kier alpha value is -3.34. The molecule has 0 aliphatic heterocycles. The number of hydrogen-bond acceptors (Lipinski definition) is 7. The number of aromatic nitrogens is 4. The van der Waals surface area contributed by atoms with Gasteiger partial charge >= 0.3 is 0 Å². The molecule has 144 valence electrons. The topological polar surface area (TPSA) is 97.8 Å². The van der Waals surface area contributed by atoms with Gasteiger partial charge in [0.2, 0.25) is 0 Å². The standard InChI is InChI=1S/C22H19N5OS/c1-13-25-18-8-7-17(27-20(18)21(23)26-13)16-6-4-5-15(11-16)9-10-22(3,28)19-12-24-14(2)29-19/h4-8,11-12,28H,1-3H3,(H2,23,25,26)/t22-/m1/s1. The Morgan fingerprint density at radius 1 is 1.10 bits per heavy atom. The summed E-state index contributed by atoms with van der Waals surface area (Å²) in [5.74, 6) is 6.98. The maximum absolute atomic E-state index is 10.7. The molecule has 3 heterocycles. The van der Waals surface area contributed by atoms with Crippen LogP contribution in [-0.4, -0.2) is 25.0 Å². The smallest absolute Gasteiger partial charge is 0.159 e. The van der Waals surface area contributed by atoms with Crippen LogP contribution in [0.5, 0.6) is 0 Å². The van der Waals surface area contributed by atoms with E-state index in [1.165, 1.54) is 11.3 Å². The van der Waals surface area contributed by atoms with Crippen LogP contribution >= 0.6 is 11.3 Å². The van der Waals surface area contributed by atoms with E-state index in [4.69, 9.17) is 5.73 Å². The largest absolute Gasteiger partial charge is 0.382 e. The molecule has 0 amide bonds. The van der Waals surface area contributed by atoms with Crippen molar-refractivity contribution in [3.8, 4) is 23.1 Å². The number of rotatable bonds is 2. The Morgan fingerprint density at radius 3 is 2.69 bits per heavy atom. The van der Waals surface area contributed by atoms with Gasteiger partial charge in [0.15, 0.2) is 11.4 Å². The van der Waals surface area contributed by atoms with Crippen LogP contribution in [0, 0.1) is 25.7 Å². The first-order valence-corrected chi connectivity index (χ1v) is 9.83. The molecule has 29 heavy (non-hydrogen) atoms. The van der Waals surface area contributed by atoms with Gasteiger partial charge in [-0.25, -0.2) is 19.9 Å². The van der Waals surface area contributed by atoms with Gasteiger partial charge in [-0.2, -0.15) is 0 Å². The Morgan fingerprint density at radius 2 is 1.93 bits per heavy atom. The average molecular weight is 401 g/mol. The molecule has 0 spiro atoms. The second kappa shape index (κ2) is 7.24. The van der Waals surface area contributed by atoms with E-state index in [9.17, 15) is 5.11 Å². The number of hydrogen-bond donors (Lipinski definition) is 2. The van der Waals surface area contributed by atoms with Crippen LogP contribution in [0.4, 0.5) is 5.82 Å². The summed E-state index contributed by atoms with van der Waals surface area (Å²) < 4.78 is 0. The fourth-order valence-electron chi connectivity index (χ4n) is 2.92. The van der Waals surface area contributed by atoms with Crippen molar-refractivity contribution in [2.45, 2.75) is 26.4 Å². The van der Waals surface area contributed by atoms with Gasteiger partial charge in [-0.15, -0.1) is 11.3 Å². The van der Waals surface area contributed by atoms with Crippen molar-refractivity contribution < 1.29 is 5.11 Å². The van der Waals surface area contributed by atoms with Crippen molar-refractivity contribution in [3.63, 3.8) is 0 Å². The van der Waals surface area contributed by atoms with Gasteiger partial charge in [-0.3, -0.25) is 0 Å². The number of nitrogens with zero attached hydrogens (tertiary/aromatic N) is 4. The van der Waals surface area contributed by atoms with Gasteiger partial charge in [0, 0.05) is 17.3 Å². The lowest BCUT2D eigenvalue weighted by molar-refractivity contribution is 0.126. The summed E-state index contributed by atoms with van der Waals surface area (Å²) in [7, 11) is 0. The number of nitrogen functional groups attached to an aromatic ring is 1. The maximum atomic E-state index is 10.7. The maximum Gasteiger partial charge on any atom is 0.159 e. The molecule has 6 nitrogen and oxygen atoms in total. The number of aliphatic hydroxyl groups is 1. The number of aryl methyl sites for hydroxylation is 2. The first-order valence-electron chi connectivity index (χ1n) is 9.01. The molecular weight excluding hydrogens is 382 g/mol. The molecular formula is C22H19N5OS. The van der Waals surface area contributed by atoms with Gasteiger partial charge in [-0.05, 0) is 45.0 Å². The Labute approximate surface area is 172 Å². The van der Waals surface area contributed by atoms with Crippen LogP contribution < -0.4 is 5.73 Å². The summed E-state index contributed by atoms with van der Waals surface area (Å²) >= 11 is 1.44. The van der Waals surface area contributed by atoms with E-state index in [0.29, 0.717) is 22.7 Å². The Balaban J connectivity index is 1.69. The fraction of sp³-hybridized carbons (Fsp3) is 0.182. The van der Waals surface area contributed by atoms with Crippen molar-refractivity contribution in [1.29, 1.82) is 0 Å². The van der Waals surface area contributed by atoms with E-state index in [2.05, 4.69) is 31.8 Å². The minimum Gasteiger partial charge on any atom is -0.382 e. The zero-order chi connectivity index (χ0) is 20.6. The molecule has 0 saturated carbocycles. The molecule has 0 saturated heterocycles. The van der Waals surface area contributed by atoms with Crippen molar-refractivity contribution in [1.82, 2.24) is 19.9 Å². The Kier molecular flexibility index (Phi) is 4.74. The predicted octanol–water partition coefficient (Wildman–Crippen LogP) is 3.61. The number of pyridine rings is 1. The van der Waals surface area contributed by atoms with Crippen LogP contribution in [0.2, 0.25) is 0 Å². The number of fused-ring (bicyclic) bond motifs is 1. The van der Waals surface area contributed by atoms with E-state index in [-0.39, 0.29) is 0 Å². The average Bonchev–Trinajstić information content (AvgIpc) is 3.14. The second-order valence-electron chi connectivity index (χ2n) is 6.87. The van der Waals surface area contributed by atoms with Crippen LogP contribution in [0.25, 0.3) is 22.3 Å². The van der Waals surface area contributed by atoms with E-state index in [1.807, 2.05) is 43.3 Å². The van der Waals surface area contributed by atoms with Crippen molar-refractivity contribution in [3.05, 3.63) is 63.9 Å². The van der Waals surface area contributed by atoms with Gasteiger partial charge in [0.1, 0.15) is 11.3 Å². The summed E-state index contributed by atoms with van der Waals surface area (Å²) in [6.07, 6.45) is 1.66. The quantitative estimate of drug-likeness (QED) is 0.498. The SMILES string of the molecule is Cc1nc(N)c2nc(-c3cccc(C#C[C@@](C)(O)c4cnc(C)s4)c3)ccc2n1. The number of anilines is 1. The molecule has 0 aliphatic rings. The first-order chi connectivity index (χ1) is 13.8. The van der Waals surface area contributed by atoms with E-state index in [1.54, 1.807) is 20.0 Å². The van der Waals surface area contributed by atoms with Crippen molar-refractivity contribution >= 4 is 28.2 Å². The molecule has 4 rings (SSSR count). The molecule has 0 fully saturated rings. The number of nitrogens with two attached hydrogens (primary N) is 1. The van der Waals surface area contributed by atoms with Crippen molar-refractivity contribution in [2.75, 3.05) is 5.73 Å². The molecule has 3 N–H and O–H groups in total. The lowest BCUT2D eigenvalue weighted by atomic mass is 10.0. The number of thiazole rings is 1. The van der Waals surface area contributed by atoms with Crippen LogP contribution in [-0.2, 0) is 5.60 Å². The molecule has 3 aromatic heterocycles.